The Hall–Kier alpha value is -3.75. The molecule has 1 atom stereocenters. The van der Waals surface area contributed by atoms with E-state index in [0.717, 1.165) is 39.9 Å². The summed E-state index contributed by atoms with van der Waals surface area (Å²) < 4.78 is 6.81. The highest BCUT2D eigenvalue weighted by Gasteiger charge is 2.47. The number of carboxylic acids is 1. The number of thioether (sulfide) groups is 1. The van der Waals surface area contributed by atoms with Crippen molar-refractivity contribution >= 4 is 35.6 Å². The van der Waals surface area contributed by atoms with Crippen LogP contribution in [0.5, 0.6) is 0 Å². The van der Waals surface area contributed by atoms with E-state index in [2.05, 4.69) is 29.9 Å². The van der Waals surface area contributed by atoms with Crippen LogP contribution >= 0.6 is 11.8 Å². The van der Waals surface area contributed by atoms with Crippen molar-refractivity contribution in [3.8, 4) is 18.4 Å². The van der Waals surface area contributed by atoms with Gasteiger partial charge in [0.05, 0.1) is 28.6 Å². The number of aliphatic carboxylic acids is 1. The van der Waals surface area contributed by atoms with Gasteiger partial charge in [-0.1, -0.05) is 11.6 Å². The molecule has 0 radical (unpaired) electrons. The predicted molar refractivity (Wildman–Crippen MR) is 141 cm³/mol. The maximum Gasteiger partial charge on any atom is 0.309 e. The molecule has 0 aromatic heterocycles. The van der Waals surface area contributed by atoms with E-state index in [0.29, 0.717) is 38.2 Å². The number of carbonyl (C=O) groups is 2. The van der Waals surface area contributed by atoms with Crippen LogP contribution in [0.25, 0.3) is 0 Å². The lowest BCUT2D eigenvalue weighted by Gasteiger charge is -2.19. The number of aryl methyl sites for hydroxylation is 1. The van der Waals surface area contributed by atoms with Gasteiger partial charge in [-0.3, -0.25) is 9.59 Å². The van der Waals surface area contributed by atoms with Gasteiger partial charge in [-0.05, 0) is 38.1 Å². The molecule has 0 spiro atoms. The van der Waals surface area contributed by atoms with Gasteiger partial charge in [-0.2, -0.15) is 9.84 Å². The monoisotopic (exact) mass is 504 g/mol. The first-order valence-electron chi connectivity index (χ1n) is 11.7. The van der Waals surface area contributed by atoms with Crippen LogP contribution in [0.15, 0.2) is 53.1 Å². The average molecular weight is 505 g/mol. The van der Waals surface area contributed by atoms with E-state index >= 15 is 0 Å². The van der Waals surface area contributed by atoms with E-state index in [1.165, 1.54) is 0 Å². The largest absolute Gasteiger partial charge is 0.481 e. The summed E-state index contributed by atoms with van der Waals surface area (Å²) in [6, 6.07) is 8.36. The van der Waals surface area contributed by atoms with E-state index in [1.807, 2.05) is 35.8 Å². The molecule has 0 saturated carbocycles. The molecule has 1 fully saturated rings. The minimum absolute atomic E-state index is 0.0231. The summed E-state index contributed by atoms with van der Waals surface area (Å²) in [7, 11) is 0. The Bertz CT molecular complexity index is 1230. The van der Waals surface area contributed by atoms with E-state index in [9.17, 15) is 20.0 Å². The number of ether oxygens (including phenoxy) is 1. The fourth-order valence-corrected chi connectivity index (χ4v) is 5.56. The number of hydrogen-bond acceptors (Lipinski definition) is 6. The lowest BCUT2D eigenvalue weighted by atomic mass is 9.76. The summed E-state index contributed by atoms with van der Waals surface area (Å²) in [5, 5.41) is 20.1. The lowest BCUT2D eigenvalue weighted by molar-refractivity contribution is -0.436. The van der Waals surface area contributed by atoms with Crippen molar-refractivity contribution in [1.82, 2.24) is 4.90 Å². The van der Waals surface area contributed by atoms with E-state index in [4.69, 9.17) is 11.2 Å². The predicted octanol–water partition coefficient (Wildman–Crippen LogP) is 3.92. The standard InChI is InChI=1S/C28H29N3O4S/c1-4-12-28(3)23-18-21(2)5-8-24(23)31(13-11-27(33)34)25(28)9-6-22(19-29)7-10-26-30(15-17-36-26)14-16-35-20-32/h1,5-10,18,20H,11-17H2,2-3H3/p+1. The van der Waals surface area contributed by atoms with Gasteiger partial charge in [-0.25, -0.2) is 0 Å². The van der Waals surface area contributed by atoms with Gasteiger partial charge in [0, 0.05) is 36.4 Å². The zero-order chi connectivity index (χ0) is 26.1. The Morgan fingerprint density at radius 2 is 2.25 bits per heavy atom. The number of nitriles is 1. The van der Waals surface area contributed by atoms with Crippen LogP contribution in [0.2, 0.25) is 0 Å². The first kappa shape index (κ1) is 26.8. The molecular formula is C28H30N3O4S+. The van der Waals surface area contributed by atoms with Crippen molar-refractivity contribution in [2.75, 3.05) is 32.0 Å². The number of fused-ring (bicyclic) bond motifs is 1. The Morgan fingerprint density at radius 3 is 2.94 bits per heavy atom. The third-order valence-corrected chi connectivity index (χ3v) is 7.40. The topological polar surface area (TPSA) is 93.6 Å². The second-order valence-electron chi connectivity index (χ2n) is 8.79. The normalized spacial score (nSPS) is 20.5. The zero-order valence-corrected chi connectivity index (χ0v) is 21.4. The van der Waals surface area contributed by atoms with E-state index in [-0.39, 0.29) is 6.42 Å². The Morgan fingerprint density at radius 1 is 1.44 bits per heavy atom. The second-order valence-corrected chi connectivity index (χ2v) is 9.90. The molecule has 186 valence electrons. The van der Waals surface area contributed by atoms with Gasteiger partial charge in [0.25, 0.3) is 6.47 Å². The molecule has 1 aromatic carbocycles. The average Bonchev–Trinajstić information content (AvgIpc) is 3.38. The number of nitrogens with zero attached hydrogens (tertiary/aromatic N) is 3. The van der Waals surface area contributed by atoms with Crippen molar-refractivity contribution < 1.29 is 24.0 Å². The SMILES string of the molecule is C#CCC1(C)C(/C=C/C(C#N)=C/C=C2\SCCN2CCOC=O)=[N+](CCC(=O)O)c2ccc(C)cc21. The fourth-order valence-electron chi connectivity index (χ4n) is 4.51. The van der Waals surface area contributed by atoms with Crippen molar-refractivity contribution in [1.29, 1.82) is 5.26 Å². The molecule has 1 unspecified atom stereocenters. The molecule has 7 nitrogen and oxygen atoms in total. The van der Waals surface area contributed by atoms with Gasteiger partial charge in [0.15, 0.2) is 12.3 Å². The fraction of sp³-hybridized carbons (Fsp3) is 0.357. The van der Waals surface area contributed by atoms with E-state index in [1.54, 1.807) is 23.9 Å². The third kappa shape index (κ3) is 6.08. The van der Waals surface area contributed by atoms with Crippen LogP contribution in [-0.4, -0.2) is 64.7 Å². The first-order chi connectivity index (χ1) is 17.3. The van der Waals surface area contributed by atoms with Crippen LogP contribution in [-0.2, 0) is 19.7 Å². The maximum atomic E-state index is 11.4. The Balaban J connectivity index is 1.96. The highest BCUT2D eigenvalue weighted by atomic mass is 32.2. The van der Waals surface area contributed by atoms with Crippen LogP contribution < -0.4 is 0 Å². The number of allylic oxidation sites excluding steroid dienone is 5. The van der Waals surface area contributed by atoms with Gasteiger partial charge in [0.2, 0.25) is 5.69 Å². The highest BCUT2D eigenvalue weighted by molar-refractivity contribution is 8.03. The van der Waals surface area contributed by atoms with Crippen molar-refractivity contribution in [2.24, 2.45) is 0 Å². The molecular weight excluding hydrogens is 474 g/mol. The molecule has 0 aliphatic carbocycles. The van der Waals surface area contributed by atoms with E-state index < -0.39 is 11.4 Å². The summed E-state index contributed by atoms with van der Waals surface area (Å²) in [4.78, 5) is 23.9. The van der Waals surface area contributed by atoms with Crippen LogP contribution in [0.3, 0.4) is 0 Å². The van der Waals surface area contributed by atoms with Crippen LogP contribution in [0, 0.1) is 30.6 Å². The van der Waals surface area contributed by atoms with Gasteiger partial charge in [0.1, 0.15) is 13.0 Å². The second kappa shape index (κ2) is 12.3. The molecule has 0 amide bonds. The number of rotatable bonds is 11. The number of hydrogen-bond donors (Lipinski definition) is 1. The molecule has 3 rings (SSSR count). The molecule has 1 aromatic rings. The molecule has 0 bridgehead atoms. The van der Waals surface area contributed by atoms with Crippen LogP contribution in [0.4, 0.5) is 5.69 Å². The van der Waals surface area contributed by atoms with Crippen molar-refractivity contribution in [2.45, 2.75) is 32.1 Å². The number of terminal acetylenes is 1. The summed E-state index contributed by atoms with van der Waals surface area (Å²) >= 11 is 1.69. The molecule has 2 aliphatic heterocycles. The smallest absolute Gasteiger partial charge is 0.309 e. The summed E-state index contributed by atoms with van der Waals surface area (Å²) in [6.07, 6.45) is 13.5. The van der Waals surface area contributed by atoms with Gasteiger partial charge < -0.3 is 14.7 Å². The number of carboxylic acid groups (broad SMARTS) is 1. The molecule has 1 N–H and O–H groups in total. The summed E-state index contributed by atoms with van der Waals surface area (Å²) in [5.41, 5.74) is 3.92. The van der Waals surface area contributed by atoms with Gasteiger partial charge >= 0.3 is 5.97 Å². The Kier molecular flexibility index (Phi) is 9.16. The van der Waals surface area contributed by atoms with Gasteiger partial charge in [-0.15, -0.1) is 24.1 Å². The van der Waals surface area contributed by atoms with Crippen LogP contribution in [0.1, 0.15) is 30.9 Å². The van der Waals surface area contributed by atoms with Crippen molar-refractivity contribution in [3.63, 3.8) is 0 Å². The Labute approximate surface area is 216 Å². The quantitative estimate of drug-likeness (QED) is 0.122. The lowest BCUT2D eigenvalue weighted by Crippen LogP contribution is -2.31. The minimum Gasteiger partial charge on any atom is -0.481 e. The zero-order valence-electron chi connectivity index (χ0n) is 20.6. The molecule has 36 heavy (non-hydrogen) atoms. The molecule has 1 saturated heterocycles. The first-order valence-corrected chi connectivity index (χ1v) is 12.7. The summed E-state index contributed by atoms with van der Waals surface area (Å²) in [6.45, 7) is 6.59. The highest BCUT2D eigenvalue weighted by Crippen LogP contribution is 2.43. The minimum atomic E-state index is -0.876. The maximum absolute atomic E-state index is 11.4. The van der Waals surface area contributed by atoms with Crippen molar-refractivity contribution in [3.05, 3.63) is 64.2 Å². The molecule has 2 aliphatic rings. The molecule has 8 heteroatoms. The number of carbonyl (C=O) groups excluding carboxylic acids is 1. The molecule has 2 heterocycles. The summed E-state index contributed by atoms with van der Waals surface area (Å²) in [5.74, 6) is 2.84. The number of benzene rings is 1. The third-order valence-electron chi connectivity index (χ3n) is 6.32.